The van der Waals surface area contributed by atoms with Crippen LogP contribution < -0.4 is 0 Å². The quantitative estimate of drug-likeness (QED) is 0.370. The molecule has 30 heavy (non-hydrogen) atoms. The average Bonchev–Trinajstić information content (AvgIpc) is 2.74. The van der Waals surface area contributed by atoms with Crippen molar-refractivity contribution in [1.82, 2.24) is 0 Å². The number of carbonyl (C=O) groups is 2. The largest absolute Gasteiger partial charge is 0.468 e. The third-order valence-electron chi connectivity index (χ3n) is 6.91. The van der Waals surface area contributed by atoms with Crippen LogP contribution in [0.4, 0.5) is 0 Å². The monoisotopic (exact) mass is 410 g/mol. The fourth-order valence-electron chi connectivity index (χ4n) is 5.42. The summed E-state index contributed by atoms with van der Waals surface area (Å²) in [6.45, 7) is 8.77. The van der Waals surface area contributed by atoms with Gasteiger partial charge in [0.15, 0.2) is 5.41 Å². The van der Waals surface area contributed by atoms with E-state index in [1.54, 1.807) is 0 Å². The molecule has 1 saturated carbocycles. The maximum atomic E-state index is 13.1. The fourth-order valence-corrected chi connectivity index (χ4v) is 5.42. The summed E-state index contributed by atoms with van der Waals surface area (Å²) in [6.07, 6.45) is 8.28. The molecule has 4 heteroatoms. The van der Waals surface area contributed by atoms with Crippen LogP contribution in [0.2, 0.25) is 0 Å². The highest BCUT2D eigenvalue weighted by atomic mass is 16.5. The number of carbonyl (C=O) groups excluding carboxylic acids is 2. The lowest BCUT2D eigenvalue weighted by Crippen LogP contribution is -2.52. The summed E-state index contributed by atoms with van der Waals surface area (Å²) in [7, 11) is 2.69. The summed E-state index contributed by atoms with van der Waals surface area (Å²) in [5, 5.41) is 0. The first kappa shape index (κ1) is 22.3. The molecule has 0 saturated heterocycles. The van der Waals surface area contributed by atoms with E-state index in [2.05, 4.69) is 58.0 Å². The molecule has 2 aliphatic carbocycles. The zero-order valence-electron chi connectivity index (χ0n) is 19.1. The first-order valence-corrected chi connectivity index (χ1v) is 10.9. The van der Waals surface area contributed by atoms with Gasteiger partial charge in [-0.15, -0.1) is 0 Å². The normalized spacial score (nSPS) is 25.0. The van der Waals surface area contributed by atoms with Crippen molar-refractivity contribution in [2.24, 2.45) is 5.41 Å². The molecular weight excluding hydrogens is 376 g/mol. The Labute approximate surface area is 180 Å². The Morgan fingerprint density at radius 1 is 1.03 bits per heavy atom. The molecule has 0 amide bonds. The Bertz CT molecular complexity index is 889. The van der Waals surface area contributed by atoms with Crippen molar-refractivity contribution in [3.05, 3.63) is 58.7 Å². The lowest BCUT2D eigenvalue weighted by atomic mass is 9.51. The van der Waals surface area contributed by atoms with Gasteiger partial charge in [-0.25, -0.2) is 0 Å². The van der Waals surface area contributed by atoms with Crippen molar-refractivity contribution < 1.29 is 19.1 Å². The highest BCUT2D eigenvalue weighted by Crippen LogP contribution is 2.58. The van der Waals surface area contributed by atoms with E-state index in [1.807, 2.05) is 6.07 Å². The van der Waals surface area contributed by atoms with Gasteiger partial charge in [0.1, 0.15) is 0 Å². The minimum Gasteiger partial charge on any atom is -0.468 e. The van der Waals surface area contributed by atoms with E-state index in [9.17, 15) is 9.59 Å². The Morgan fingerprint density at radius 3 is 2.20 bits per heavy atom. The minimum atomic E-state index is -1.35. The minimum absolute atomic E-state index is 0.133. The van der Waals surface area contributed by atoms with Gasteiger partial charge in [0.2, 0.25) is 0 Å². The number of hydrogen-bond donors (Lipinski definition) is 0. The summed E-state index contributed by atoms with van der Waals surface area (Å²) in [5.74, 6) is -1.03. The van der Waals surface area contributed by atoms with E-state index in [0.717, 1.165) is 24.8 Å². The lowest BCUT2D eigenvalue weighted by Gasteiger charge is -2.51. The molecule has 1 unspecified atom stereocenters. The van der Waals surface area contributed by atoms with E-state index in [1.165, 1.54) is 30.9 Å². The third-order valence-corrected chi connectivity index (χ3v) is 6.91. The predicted molar refractivity (Wildman–Crippen MR) is 118 cm³/mol. The number of allylic oxidation sites excluding steroid dienone is 4. The summed E-state index contributed by atoms with van der Waals surface area (Å²) in [6, 6.07) is 8.38. The molecule has 1 atom stereocenters. The molecule has 3 rings (SSSR count). The molecule has 2 aliphatic rings. The third kappa shape index (κ3) is 3.40. The number of hydrogen-bond acceptors (Lipinski definition) is 4. The second-order valence-corrected chi connectivity index (χ2v) is 9.45. The highest BCUT2D eigenvalue weighted by Gasteiger charge is 2.59. The van der Waals surface area contributed by atoms with E-state index in [4.69, 9.17) is 9.47 Å². The van der Waals surface area contributed by atoms with Gasteiger partial charge in [0.25, 0.3) is 0 Å². The molecule has 1 fully saturated rings. The zero-order valence-corrected chi connectivity index (χ0v) is 19.1. The van der Waals surface area contributed by atoms with E-state index in [-0.39, 0.29) is 5.41 Å². The summed E-state index contributed by atoms with van der Waals surface area (Å²) < 4.78 is 10.3. The van der Waals surface area contributed by atoms with Gasteiger partial charge < -0.3 is 9.47 Å². The molecule has 0 aliphatic heterocycles. The Morgan fingerprint density at radius 2 is 1.63 bits per heavy atom. The average molecular weight is 411 g/mol. The first-order valence-electron chi connectivity index (χ1n) is 10.9. The maximum Gasteiger partial charge on any atom is 0.323 e. The van der Waals surface area contributed by atoms with Gasteiger partial charge in [-0.3, -0.25) is 9.59 Å². The van der Waals surface area contributed by atoms with Crippen LogP contribution in [-0.4, -0.2) is 26.2 Å². The van der Waals surface area contributed by atoms with Crippen molar-refractivity contribution in [2.45, 2.75) is 70.6 Å². The van der Waals surface area contributed by atoms with Crippen molar-refractivity contribution in [2.75, 3.05) is 14.2 Å². The number of esters is 2. The standard InChI is InChI=1S/C26H34O4/c1-7-8-9-12-18-15-26(22(27)29-5,23(28)30-6)17-25(4)20-14-11-10-13-19(20)24(2,3)16-21(18)25/h10-14,16H,7-9,15,17H2,1-6H3/b18-12+. The number of unbranched alkanes of at least 4 members (excludes halogenated alkanes) is 2. The van der Waals surface area contributed by atoms with Crippen molar-refractivity contribution in [3.63, 3.8) is 0 Å². The second-order valence-electron chi connectivity index (χ2n) is 9.45. The summed E-state index contributed by atoms with van der Waals surface area (Å²) in [5.41, 5.74) is 2.74. The number of ether oxygens (including phenoxy) is 2. The van der Waals surface area contributed by atoms with Crippen LogP contribution in [0.5, 0.6) is 0 Å². The zero-order chi connectivity index (χ0) is 22.2. The predicted octanol–water partition coefficient (Wildman–Crippen LogP) is 5.40. The molecule has 0 aromatic heterocycles. The van der Waals surface area contributed by atoms with E-state index < -0.39 is 22.8 Å². The number of rotatable bonds is 5. The number of fused-ring (bicyclic) bond motifs is 3. The molecule has 0 N–H and O–H groups in total. The van der Waals surface area contributed by atoms with Crippen molar-refractivity contribution in [1.29, 1.82) is 0 Å². The van der Waals surface area contributed by atoms with Gasteiger partial charge in [0, 0.05) is 10.8 Å². The van der Waals surface area contributed by atoms with Crippen LogP contribution in [0.3, 0.4) is 0 Å². The Balaban J connectivity index is 2.28. The molecule has 162 valence electrons. The molecule has 0 bridgehead atoms. The van der Waals surface area contributed by atoms with Gasteiger partial charge in [-0.1, -0.05) is 77.0 Å². The highest BCUT2D eigenvalue weighted by molar-refractivity contribution is 6.01. The number of methoxy groups -OCH3 is 2. The molecule has 1 aromatic rings. The SMILES string of the molecule is CCCC/C=C1\CC(C(=O)OC)(C(=O)OC)CC2(C)C1=CC(C)(C)c1ccccc12. The summed E-state index contributed by atoms with van der Waals surface area (Å²) in [4.78, 5) is 26.1. The van der Waals surface area contributed by atoms with Crippen molar-refractivity contribution >= 4 is 11.9 Å². The Kier molecular flexibility index (Phi) is 5.99. The lowest BCUT2D eigenvalue weighted by molar-refractivity contribution is -0.171. The van der Waals surface area contributed by atoms with Crippen LogP contribution in [0.1, 0.15) is 70.9 Å². The van der Waals surface area contributed by atoms with E-state index in [0.29, 0.717) is 12.8 Å². The molecule has 0 heterocycles. The van der Waals surface area contributed by atoms with Gasteiger partial charge in [-0.2, -0.15) is 0 Å². The molecular formula is C26H34O4. The molecule has 0 spiro atoms. The molecule has 0 radical (unpaired) electrons. The van der Waals surface area contributed by atoms with Crippen molar-refractivity contribution in [3.8, 4) is 0 Å². The van der Waals surface area contributed by atoms with Crippen LogP contribution in [-0.2, 0) is 29.9 Å². The van der Waals surface area contributed by atoms with Crippen LogP contribution in [0.15, 0.2) is 47.6 Å². The topological polar surface area (TPSA) is 52.6 Å². The number of benzene rings is 1. The van der Waals surface area contributed by atoms with Crippen LogP contribution >= 0.6 is 0 Å². The maximum absolute atomic E-state index is 13.1. The van der Waals surface area contributed by atoms with Gasteiger partial charge >= 0.3 is 11.9 Å². The van der Waals surface area contributed by atoms with Crippen LogP contribution in [0, 0.1) is 5.41 Å². The van der Waals surface area contributed by atoms with Crippen LogP contribution in [0.25, 0.3) is 0 Å². The molecule has 4 nitrogen and oxygen atoms in total. The first-order chi connectivity index (χ1) is 14.2. The second kappa shape index (κ2) is 8.05. The Hall–Kier alpha value is -2.36. The smallest absolute Gasteiger partial charge is 0.323 e. The molecule has 1 aromatic carbocycles. The van der Waals surface area contributed by atoms with Gasteiger partial charge in [-0.05, 0) is 41.5 Å². The van der Waals surface area contributed by atoms with Gasteiger partial charge in [0.05, 0.1) is 14.2 Å². The fraction of sp³-hybridized carbons (Fsp3) is 0.538. The summed E-state index contributed by atoms with van der Waals surface area (Å²) >= 11 is 0. The van der Waals surface area contributed by atoms with E-state index >= 15 is 0 Å².